The van der Waals surface area contributed by atoms with Crippen LogP contribution in [0.15, 0.2) is 0 Å². The number of aliphatic hydroxyl groups is 1. The van der Waals surface area contributed by atoms with Gasteiger partial charge >= 0.3 is 0 Å². The summed E-state index contributed by atoms with van der Waals surface area (Å²) in [6, 6.07) is -0.337. The Labute approximate surface area is 54.9 Å². The summed E-state index contributed by atoms with van der Waals surface area (Å²) in [6.45, 7) is 0.186. The number of carbonyl (C=O) groups excluding carboxylic acids is 1. The highest BCUT2D eigenvalue weighted by Crippen LogP contribution is 1.95. The van der Waals surface area contributed by atoms with Gasteiger partial charge in [-0.25, -0.2) is 0 Å². The number of hydrogen-bond acceptors (Lipinski definition) is 3. The van der Waals surface area contributed by atoms with E-state index in [4.69, 9.17) is 10.8 Å². The van der Waals surface area contributed by atoms with Gasteiger partial charge in [0.05, 0.1) is 6.04 Å². The molecule has 3 heteroatoms. The number of aliphatic hydroxyl groups excluding tert-OH is 1. The summed E-state index contributed by atoms with van der Waals surface area (Å²) in [5.41, 5.74) is 5.26. The van der Waals surface area contributed by atoms with Crippen molar-refractivity contribution in [3.8, 4) is 0 Å². The molecule has 0 aliphatic carbocycles. The van der Waals surface area contributed by atoms with E-state index in [2.05, 4.69) is 0 Å². The molecule has 0 unspecified atom stereocenters. The third kappa shape index (κ3) is 5.46. The summed E-state index contributed by atoms with van der Waals surface area (Å²) in [5.74, 6) is 0. The average molecular weight is 131 g/mol. The van der Waals surface area contributed by atoms with Gasteiger partial charge in [-0.05, 0) is 19.3 Å². The first-order valence-corrected chi connectivity index (χ1v) is 3.13. The van der Waals surface area contributed by atoms with Crippen LogP contribution in [0.2, 0.25) is 0 Å². The van der Waals surface area contributed by atoms with Crippen LogP contribution in [-0.2, 0) is 4.79 Å². The molecule has 0 heterocycles. The van der Waals surface area contributed by atoms with Gasteiger partial charge < -0.3 is 15.6 Å². The minimum absolute atomic E-state index is 0.186. The molecule has 0 aliphatic rings. The normalized spacial score (nSPS) is 13.1. The lowest BCUT2D eigenvalue weighted by molar-refractivity contribution is -0.109. The molecule has 0 fully saturated rings. The number of hydrogen-bond donors (Lipinski definition) is 2. The van der Waals surface area contributed by atoms with Gasteiger partial charge in [0.15, 0.2) is 0 Å². The first-order valence-electron chi connectivity index (χ1n) is 3.13. The van der Waals surface area contributed by atoms with E-state index in [0.29, 0.717) is 6.42 Å². The highest BCUT2D eigenvalue weighted by atomic mass is 16.2. The van der Waals surface area contributed by atoms with Gasteiger partial charge in [-0.15, -0.1) is 0 Å². The van der Waals surface area contributed by atoms with Crippen LogP contribution < -0.4 is 5.73 Å². The van der Waals surface area contributed by atoms with E-state index in [1.54, 1.807) is 0 Å². The summed E-state index contributed by atoms with van der Waals surface area (Å²) < 4.78 is 0. The van der Waals surface area contributed by atoms with Crippen molar-refractivity contribution in [2.75, 3.05) is 6.61 Å². The van der Waals surface area contributed by atoms with E-state index >= 15 is 0 Å². The molecule has 0 aromatic heterocycles. The molecule has 0 bridgehead atoms. The third-order valence-electron chi connectivity index (χ3n) is 1.12. The van der Waals surface area contributed by atoms with Crippen LogP contribution in [0.5, 0.6) is 0 Å². The molecule has 0 saturated carbocycles. The largest absolute Gasteiger partial charge is 0.396 e. The van der Waals surface area contributed by atoms with Crippen molar-refractivity contribution in [3.05, 3.63) is 0 Å². The molecule has 0 aromatic carbocycles. The lowest BCUT2D eigenvalue weighted by atomic mass is 10.1. The fourth-order valence-electron chi connectivity index (χ4n) is 0.560. The summed E-state index contributed by atoms with van der Waals surface area (Å²) in [4.78, 5) is 9.91. The molecule has 0 spiro atoms. The molecule has 0 amide bonds. The van der Waals surface area contributed by atoms with Gasteiger partial charge in [0.25, 0.3) is 0 Å². The highest BCUT2D eigenvalue weighted by Gasteiger charge is 1.96. The number of rotatable bonds is 5. The molecule has 0 radical (unpaired) electrons. The van der Waals surface area contributed by atoms with Crippen molar-refractivity contribution >= 4 is 6.29 Å². The summed E-state index contributed by atoms with van der Waals surface area (Å²) in [5, 5.41) is 8.32. The highest BCUT2D eigenvalue weighted by molar-refractivity contribution is 5.56. The molecule has 0 aliphatic heterocycles. The molecule has 0 saturated heterocycles. The number of nitrogens with two attached hydrogens (primary N) is 1. The Morgan fingerprint density at radius 3 is 2.67 bits per heavy atom. The smallest absolute Gasteiger partial charge is 0.136 e. The predicted molar refractivity (Wildman–Crippen MR) is 35.0 cm³/mol. The quantitative estimate of drug-likeness (QED) is 0.397. The van der Waals surface area contributed by atoms with Crippen LogP contribution in [0.1, 0.15) is 19.3 Å². The minimum Gasteiger partial charge on any atom is -0.396 e. The molecular formula is C6H13NO2. The molecule has 0 aromatic rings. The van der Waals surface area contributed by atoms with Crippen molar-refractivity contribution in [3.63, 3.8) is 0 Å². The molecule has 3 nitrogen and oxygen atoms in total. The Morgan fingerprint density at radius 2 is 2.22 bits per heavy atom. The first-order chi connectivity index (χ1) is 4.31. The monoisotopic (exact) mass is 131 g/mol. The lowest BCUT2D eigenvalue weighted by Crippen LogP contribution is -2.20. The SMILES string of the molecule is N[C@H](C=O)CCCCO. The fourth-order valence-corrected chi connectivity index (χ4v) is 0.560. The number of aldehydes is 1. The van der Waals surface area contributed by atoms with Gasteiger partial charge in [0.2, 0.25) is 0 Å². The molecule has 54 valence electrons. The van der Waals surface area contributed by atoms with Crippen LogP contribution >= 0.6 is 0 Å². The summed E-state index contributed by atoms with van der Waals surface area (Å²) in [6.07, 6.45) is 2.99. The maximum absolute atomic E-state index is 9.91. The Bertz CT molecular complexity index is 75.5. The fraction of sp³-hybridized carbons (Fsp3) is 0.833. The van der Waals surface area contributed by atoms with Crippen LogP contribution in [0.3, 0.4) is 0 Å². The van der Waals surface area contributed by atoms with Crippen LogP contribution in [-0.4, -0.2) is 24.0 Å². The van der Waals surface area contributed by atoms with E-state index in [1.807, 2.05) is 0 Å². The predicted octanol–water partition coefficient (Wildman–Crippen LogP) is -0.325. The first kappa shape index (κ1) is 8.59. The summed E-state index contributed by atoms with van der Waals surface area (Å²) >= 11 is 0. The van der Waals surface area contributed by atoms with Crippen molar-refractivity contribution in [2.24, 2.45) is 5.73 Å². The van der Waals surface area contributed by atoms with E-state index in [9.17, 15) is 4.79 Å². The zero-order valence-corrected chi connectivity index (χ0v) is 5.42. The van der Waals surface area contributed by atoms with Crippen LogP contribution in [0, 0.1) is 0 Å². The zero-order chi connectivity index (χ0) is 7.11. The van der Waals surface area contributed by atoms with E-state index in [0.717, 1.165) is 19.1 Å². The van der Waals surface area contributed by atoms with Gasteiger partial charge in [-0.1, -0.05) is 0 Å². The second-order valence-corrected chi connectivity index (χ2v) is 2.02. The minimum atomic E-state index is -0.337. The van der Waals surface area contributed by atoms with Crippen molar-refractivity contribution in [1.29, 1.82) is 0 Å². The van der Waals surface area contributed by atoms with E-state index < -0.39 is 0 Å². The van der Waals surface area contributed by atoms with Crippen LogP contribution in [0.25, 0.3) is 0 Å². The Balaban J connectivity index is 2.96. The second-order valence-electron chi connectivity index (χ2n) is 2.02. The van der Waals surface area contributed by atoms with Gasteiger partial charge in [0.1, 0.15) is 6.29 Å². The van der Waals surface area contributed by atoms with Gasteiger partial charge in [0, 0.05) is 6.61 Å². The summed E-state index contributed by atoms with van der Waals surface area (Å²) in [7, 11) is 0. The maximum atomic E-state index is 9.91. The third-order valence-corrected chi connectivity index (χ3v) is 1.12. The van der Waals surface area contributed by atoms with Crippen LogP contribution in [0.4, 0.5) is 0 Å². The standard InChI is InChI=1S/C6H13NO2/c7-6(5-9)3-1-2-4-8/h5-6,8H,1-4,7H2/t6-/m0/s1. The van der Waals surface area contributed by atoms with Gasteiger partial charge in [-0.2, -0.15) is 0 Å². The van der Waals surface area contributed by atoms with E-state index in [1.165, 1.54) is 0 Å². The number of unbranched alkanes of at least 4 members (excludes halogenated alkanes) is 1. The Morgan fingerprint density at radius 1 is 1.56 bits per heavy atom. The molecule has 9 heavy (non-hydrogen) atoms. The van der Waals surface area contributed by atoms with Crippen molar-refractivity contribution in [2.45, 2.75) is 25.3 Å². The molecular weight excluding hydrogens is 118 g/mol. The van der Waals surface area contributed by atoms with E-state index in [-0.39, 0.29) is 12.6 Å². The van der Waals surface area contributed by atoms with Crippen molar-refractivity contribution < 1.29 is 9.90 Å². The number of carbonyl (C=O) groups is 1. The topological polar surface area (TPSA) is 63.3 Å². The Kier molecular flexibility index (Phi) is 5.46. The van der Waals surface area contributed by atoms with Crippen molar-refractivity contribution in [1.82, 2.24) is 0 Å². The molecule has 1 atom stereocenters. The second kappa shape index (κ2) is 5.72. The van der Waals surface area contributed by atoms with Gasteiger partial charge in [-0.3, -0.25) is 0 Å². The molecule has 3 N–H and O–H groups in total. The maximum Gasteiger partial charge on any atom is 0.136 e. The lowest BCUT2D eigenvalue weighted by Gasteiger charge is -1.99. The average Bonchev–Trinajstić information content (AvgIpc) is 1.89. The molecule has 0 rings (SSSR count). The Hall–Kier alpha value is -0.410. The zero-order valence-electron chi connectivity index (χ0n) is 5.42.